The van der Waals surface area contributed by atoms with E-state index >= 15 is 4.39 Å². The quantitative estimate of drug-likeness (QED) is 0.478. The first kappa shape index (κ1) is 30.2. The first-order valence-corrected chi connectivity index (χ1v) is 16.3. The second kappa shape index (κ2) is 10.5. The van der Waals surface area contributed by atoms with Crippen LogP contribution in [0.5, 0.6) is 5.75 Å². The molecule has 1 N–H and O–H groups in total. The van der Waals surface area contributed by atoms with Gasteiger partial charge in [-0.05, 0) is 95.1 Å². The average Bonchev–Trinajstić information content (AvgIpc) is 2.89. The number of nitrogens with one attached hydrogen (secondary N) is 1. The molecule has 2 aromatic rings. The summed E-state index contributed by atoms with van der Waals surface area (Å²) in [5, 5.41) is -0.841. The van der Waals surface area contributed by atoms with E-state index in [4.69, 9.17) is 4.74 Å². The van der Waals surface area contributed by atoms with Crippen LogP contribution in [0.15, 0.2) is 41.3 Å². The molecule has 5 rings (SSSR count). The maximum Gasteiger partial charge on any atom is 0.416 e. The van der Waals surface area contributed by atoms with Gasteiger partial charge in [0.15, 0.2) is 21.4 Å². The molecule has 2 aromatic carbocycles. The number of sulfone groups is 1. The van der Waals surface area contributed by atoms with Gasteiger partial charge in [-0.2, -0.15) is 13.2 Å². The third-order valence-corrected chi connectivity index (χ3v) is 13.2. The van der Waals surface area contributed by atoms with Crippen LogP contribution in [-0.2, 0) is 30.8 Å². The number of rotatable bonds is 6. The lowest BCUT2D eigenvalue weighted by Gasteiger charge is -2.55. The minimum Gasteiger partial charge on any atom is -0.490 e. The number of nitrogens with zero attached hydrogens (tertiary/aromatic N) is 1. The smallest absolute Gasteiger partial charge is 0.416 e. The van der Waals surface area contributed by atoms with Crippen LogP contribution < -0.4 is 9.46 Å². The van der Waals surface area contributed by atoms with Crippen LogP contribution in [0, 0.1) is 23.5 Å². The maximum atomic E-state index is 15.6. The monoisotopic (exact) mass is 622 g/mol. The van der Waals surface area contributed by atoms with Gasteiger partial charge in [0.2, 0.25) is 10.0 Å². The number of hydrogen-bond donors (Lipinski definition) is 1. The number of alkyl halides is 3. The van der Waals surface area contributed by atoms with E-state index in [1.807, 2.05) is 19.0 Å². The van der Waals surface area contributed by atoms with Gasteiger partial charge < -0.3 is 9.64 Å². The standard InChI is InChI=1S/C27H31F5N2O5S2/c1-34(2)13-3-4-18-14-19-20-15-39-25-22(29)10-9-21(28)24(25)26(20,12-11-23(19)33-41(18,37)38)40(35,36)17-7-5-16(6-8-17)27(30,31)32/h5-10,18-20,23,33H,3-4,11-15H2,1-2H3/t18-,19-,20+,23+,26+/m1/s1. The van der Waals surface area contributed by atoms with Gasteiger partial charge in [-0.1, -0.05) is 0 Å². The molecular formula is C27H31F5N2O5S2. The highest BCUT2D eigenvalue weighted by atomic mass is 32.2. The lowest BCUT2D eigenvalue weighted by molar-refractivity contribution is -0.137. The number of sulfonamides is 1. The Kier molecular flexibility index (Phi) is 7.70. The van der Waals surface area contributed by atoms with Crippen molar-refractivity contribution in [3.8, 4) is 5.75 Å². The zero-order chi connectivity index (χ0) is 30.0. The van der Waals surface area contributed by atoms with Gasteiger partial charge >= 0.3 is 6.18 Å². The number of fused-ring (bicyclic) bond motifs is 5. The Morgan fingerprint density at radius 2 is 1.73 bits per heavy atom. The van der Waals surface area contributed by atoms with Crippen molar-refractivity contribution in [2.75, 3.05) is 27.2 Å². The van der Waals surface area contributed by atoms with Crippen LogP contribution in [0.1, 0.15) is 43.2 Å². The van der Waals surface area contributed by atoms with E-state index in [-0.39, 0.29) is 25.9 Å². The molecule has 2 heterocycles. The first-order valence-electron chi connectivity index (χ1n) is 13.3. The molecule has 0 unspecified atom stereocenters. The van der Waals surface area contributed by atoms with Crippen molar-refractivity contribution in [1.29, 1.82) is 0 Å². The molecule has 0 radical (unpaired) electrons. The van der Waals surface area contributed by atoms with Gasteiger partial charge in [0.25, 0.3) is 0 Å². The summed E-state index contributed by atoms with van der Waals surface area (Å²) in [6, 6.07) is 3.92. The topological polar surface area (TPSA) is 92.8 Å². The predicted molar refractivity (Wildman–Crippen MR) is 140 cm³/mol. The molecule has 1 aliphatic carbocycles. The highest BCUT2D eigenvalue weighted by Gasteiger charge is 2.64. The Balaban J connectivity index is 1.64. The Morgan fingerprint density at radius 1 is 1.07 bits per heavy atom. The molecule has 226 valence electrons. The van der Waals surface area contributed by atoms with Crippen molar-refractivity contribution in [1.82, 2.24) is 9.62 Å². The number of ether oxygens (including phenoxy) is 1. The van der Waals surface area contributed by atoms with Gasteiger partial charge in [0.1, 0.15) is 10.6 Å². The van der Waals surface area contributed by atoms with Crippen LogP contribution in [0.3, 0.4) is 0 Å². The summed E-state index contributed by atoms with van der Waals surface area (Å²) in [6.45, 7) is 0.303. The highest BCUT2D eigenvalue weighted by molar-refractivity contribution is 7.92. The van der Waals surface area contributed by atoms with Crippen LogP contribution in [-0.4, -0.2) is 60.3 Å². The SMILES string of the molecule is CN(C)CCC[C@@H]1C[C@H]2[C@H](CC[C@@]3(S(=O)(=O)c4ccc(C(F)(F)F)cc4)c4c(F)ccc(F)c4OC[C@@H]23)NS1(=O)=O. The molecule has 0 amide bonds. The second-order valence-corrected chi connectivity index (χ2v) is 15.5. The Hall–Kier alpha value is -2.29. The van der Waals surface area contributed by atoms with E-state index in [1.54, 1.807) is 0 Å². The molecule has 3 aliphatic rings. The molecule has 14 heteroatoms. The molecular weight excluding hydrogens is 591 g/mol. The Bertz CT molecular complexity index is 1530. The van der Waals surface area contributed by atoms with Gasteiger partial charge in [-0.25, -0.2) is 30.3 Å². The normalized spacial score (nSPS) is 29.3. The molecule has 2 fully saturated rings. The second-order valence-electron chi connectivity index (χ2n) is 11.3. The fourth-order valence-electron chi connectivity index (χ4n) is 6.83. The molecule has 2 aliphatic heterocycles. The number of benzene rings is 2. The average molecular weight is 623 g/mol. The highest BCUT2D eigenvalue weighted by Crippen LogP contribution is 2.59. The molecule has 5 atom stereocenters. The van der Waals surface area contributed by atoms with Crippen molar-refractivity contribution in [3.05, 3.63) is 59.2 Å². The Morgan fingerprint density at radius 3 is 2.37 bits per heavy atom. The third-order valence-electron chi connectivity index (χ3n) is 8.74. The summed E-state index contributed by atoms with van der Waals surface area (Å²) >= 11 is 0. The number of halogens is 5. The van der Waals surface area contributed by atoms with Crippen molar-refractivity contribution in [2.45, 2.75) is 59.2 Å². The van der Waals surface area contributed by atoms with Crippen molar-refractivity contribution in [2.24, 2.45) is 11.8 Å². The third kappa shape index (κ3) is 5.04. The van der Waals surface area contributed by atoms with Gasteiger partial charge in [0, 0.05) is 12.0 Å². The zero-order valence-electron chi connectivity index (χ0n) is 22.4. The fraction of sp³-hybridized carbons (Fsp3) is 0.556. The lowest BCUT2D eigenvalue weighted by atomic mass is 9.64. The Labute approximate surface area is 236 Å². The van der Waals surface area contributed by atoms with E-state index in [0.29, 0.717) is 31.5 Å². The number of hydrogen-bond acceptors (Lipinski definition) is 6. The van der Waals surface area contributed by atoms with Crippen molar-refractivity contribution < 1.29 is 43.5 Å². The van der Waals surface area contributed by atoms with E-state index < -0.39 is 87.3 Å². The van der Waals surface area contributed by atoms with Crippen LogP contribution in [0.2, 0.25) is 0 Å². The summed E-state index contributed by atoms with van der Waals surface area (Å²) in [7, 11) is -4.68. The first-order chi connectivity index (χ1) is 19.1. The predicted octanol–water partition coefficient (Wildman–Crippen LogP) is 4.47. The minimum atomic E-state index is -4.71. The molecule has 0 bridgehead atoms. The van der Waals surface area contributed by atoms with Crippen molar-refractivity contribution >= 4 is 19.9 Å². The van der Waals surface area contributed by atoms with Crippen LogP contribution in [0.4, 0.5) is 22.0 Å². The van der Waals surface area contributed by atoms with Crippen LogP contribution in [0.25, 0.3) is 0 Å². The van der Waals surface area contributed by atoms with Gasteiger partial charge in [-0.3, -0.25) is 0 Å². The molecule has 1 saturated carbocycles. The van der Waals surface area contributed by atoms with E-state index in [1.165, 1.54) is 0 Å². The van der Waals surface area contributed by atoms with Crippen molar-refractivity contribution in [3.63, 3.8) is 0 Å². The van der Waals surface area contributed by atoms with Gasteiger partial charge in [-0.15, -0.1) is 0 Å². The largest absolute Gasteiger partial charge is 0.490 e. The minimum absolute atomic E-state index is 0.0000719. The molecule has 7 nitrogen and oxygen atoms in total. The molecule has 1 saturated heterocycles. The lowest BCUT2D eigenvalue weighted by Crippen LogP contribution is -2.63. The van der Waals surface area contributed by atoms with E-state index in [9.17, 15) is 34.4 Å². The van der Waals surface area contributed by atoms with Gasteiger partial charge in [0.05, 0.1) is 27.9 Å². The van der Waals surface area contributed by atoms with E-state index in [2.05, 4.69) is 4.72 Å². The maximum absolute atomic E-state index is 15.6. The molecule has 0 spiro atoms. The summed E-state index contributed by atoms with van der Waals surface area (Å²) in [5.41, 5.74) is -1.55. The summed E-state index contributed by atoms with van der Waals surface area (Å²) in [6.07, 6.45) is -4.04. The zero-order valence-corrected chi connectivity index (χ0v) is 24.1. The van der Waals surface area contributed by atoms with Crippen LogP contribution >= 0.6 is 0 Å². The fourth-order valence-corrected chi connectivity index (χ4v) is 11.1. The molecule has 0 aromatic heterocycles. The van der Waals surface area contributed by atoms with E-state index in [0.717, 1.165) is 24.3 Å². The molecule has 41 heavy (non-hydrogen) atoms. The summed E-state index contributed by atoms with van der Waals surface area (Å²) in [5.74, 6) is -4.14. The summed E-state index contributed by atoms with van der Waals surface area (Å²) in [4.78, 5) is 1.45. The summed E-state index contributed by atoms with van der Waals surface area (Å²) < 4.78 is 132.